The fourth-order valence-corrected chi connectivity index (χ4v) is 18.0. The molecule has 9 aromatic rings. The van der Waals surface area contributed by atoms with Crippen molar-refractivity contribution < 1.29 is 42.8 Å². The first kappa shape index (κ1) is 72.0. The topological polar surface area (TPSA) is 372 Å². The van der Waals surface area contributed by atoms with Crippen LogP contribution in [0.1, 0.15) is 83.5 Å². The summed E-state index contributed by atoms with van der Waals surface area (Å²) in [5.74, 6) is 7.79. The molecule has 3 aromatic carbocycles. The SMILES string of the molecule is NC(=O)CCC(=O)N1CCC(CCn2c(Sc3cc4c(cc3Br)OCCO4)nc3c(N)ncnc32)CC1.Nc1ncnc2c1nc(Sc1cc3c(cc1Br)OCCO3)n2CCC1CCN(C2=NC(=O)CC2)CC1.Nc1ncnc2c1nc(Sc1cc3c(cc1Br)OCCO3)n2CCC1CCNCC1. The van der Waals surface area contributed by atoms with Gasteiger partial charge in [0.1, 0.15) is 64.5 Å². The maximum atomic E-state index is 12.3. The molecule has 0 spiro atoms. The summed E-state index contributed by atoms with van der Waals surface area (Å²) in [7, 11) is 0. The number of primary amides is 1. The van der Waals surface area contributed by atoms with E-state index in [-0.39, 0.29) is 24.7 Å². The van der Waals surface area contributed by atoms with Crippen LogP contribution in [0, 0.1) is 17.8 Å². The molecule has 103 heavy (non-hydrogen) atoms. The van der Waals surface area contributed by atoms with Gasteiger partial charge in [0.2, 0.25) is 17.7 Å². The van der Waals surface area contributed by atoms with E-state index >= 15 is 0 Å². The molecule has 542 valence electrons. The van der Waals surface area contributed by atoms with E-state index in [0.717, 1.165) is 174 Å². The van der Waals surface area contributed by atoms with Crippen LogP contribution in [-0.4, -0.2) is 171 Å². The Bertz CT molecular complexity index is 4660. The van der Waals surface area contributed by atoms with E-state index in [2.05, 4.69) is 107 Å². The zero-order chi connectivity index (χ0) is 71.1. The zero-order valence-electron chi connectivity index (χ0n) is 56.3. The van der Waals surface area contributed by atoms with Crippen molar-refractivity contribution in [2.75, 3.05) is 96.1 Å². The predicted molar refractivity (Wildman–Crippen MR) is 400 cm³/mol. The van der Waals surface area contributed by atoms with Crippen molar-refractivity contribution in [2.24, 2.45) is 28.5 Å². The highest BCUT2D eigenvalue weighted by Gasteiger charge is 2.30. The number of amides is 3. The van der Waals surface area contributed by atoms with Crippen LogP contribution in [0.3, 0.4) is 0 Å². The number of nitrogen functional groups attached to an aromatic ring is 3. The highest BCUT2D eigenvalue weighted by atomic mass is 79.9. The van der Waals surface area contributed by atoms with Gasteiger partial charge in [-0.1, -0.05) is 35.3 Å². The van der Waals surface area contributed by atoms with Crippen LogP contribution in [0.25, 0.3) is 33.5 Å². The molecule has 0 aliphatic carbocycles. The fourth-order valence-electron chi connectivity index (χ4n) is 13.5. The van der Waals surface area contributed by atoms with Gasteiger partial charge >= 0.3 is 0 Å². The number of nitrogens with two attached hydrogens (primary N) is 4. The number of rotatable bonds is 18. The fraction of sp³-hybridized carbons (Fsp3) is 0.456. The second-order valence-electron chi connectivity index (χ2n) is 25.7. The monoisotopic (exact) mass is 1650 g/mol. The molecule has 0 bridgehead atoms. The minimum absolute atomic E-state index is 0.00581. The molecule has 29 nitrogen and oxygen atoms in total. The summed E-state index contributed by atoms with van der Waals surface area (Å²) < 4.78 is 43.5. The van der Waals surface area contributed by atoms with E-state index in [9.17, 15) is 14.4 Å². The first-order chi connectivity index (χ1) is 50.1. The van der Waals surface area contributed by atoms with E-state index < -0.39 is 5.91 Å². The lowest BCUT2D eigenvalue weighted by Gasteiger charge is -2.33. The molecule has 16 rings (SSSR count). The highest BCUT2D eigenvalue weighted by Crippen LogP contribution is 2.46. The highest BCUT2D eigenvalue weighted by molar-refractivity contribution is 9.11. The molecule has 7 aliphatic rings. The zero-order valence-corrected chi connectivity index (χ0v) is 63.5. The van der Waals surface area contributed by atoms with Gasteiger partial charge in [0.25, 0.3) is 0 Å². The van der Waals surface area contributed by atoms with E-state index in [1.807, 2.05) is 41.3 Å². The number of aryl methyl sites for hydroxylation is 3. The third-order valence-electron chi connectivity index (χ3n) is 19.1. The lowest BCUT2D eigenvalue weighted by atomic mass is 9.93. The number of nitrogens with one attached hydrogen (secondary N) is 1. The van der Waals surface area contributed by atoms with Crippen molar-refractivity contribution in [1.29, 1.82) is 0 Å². The summed E-state index contributed by atoms with van der Waals surface area (Å²) in [4.78, 5) is 86.3. The number of imidazole rings is 3. The van der Waals surface area contributed by atoms with Crippen molar-refractivity contribution in [1.82, 2.24) is 73.7 Å². The number of aromatic nitrogens is 12. The van der Waals surface area contributed by atoms with Crippen molar-refractivity contribution >= 4 is 158 Å². The van der Waals surface area contributed by atoms with E-state index in [0.29, 0.717) is 135 Å². The van der Waals surface area contributed by atoms with Crippen molar-refractivity contribution in [2.45, 2.75) is 133 Å². The Balaban J connectivity index is 0.000000131. The number of piperidine rings is 3. The molecule has 3 fully saturated rings. The van der Waals surface area contributed by atoms with Crippen LogP contribution in [-0.2, 0) is 34.0 Å². The number of amidine groups is 1. The third-order valence-corrected chi connectivity index (χ3v) is 25.0. The molecule has 13 heterocycles. The molecule has 6 aromatic heterocycles. The normalized spacial score (nSPS) is 16.9. The van der Waals surface area contributed by atoms with E-state index in [1.54, 1.807) is 23.5 Å². The van der Waals surface area contributed by atoms with Crippen LogP contribution in [0.15, 0.2) is 104 Å². The van der Waals surface area contributed by atoms with E-state index in [1.165, 1.54) is 43.6 Å². The number of anilines is 3. The Hall–Kier alpha value is -7.96. The summed E-state index contributed by atoms with van der Waals surface area (Å²) in [6.07, 6.45) is 15.4. The number of nitrogens with zero attached hydrogens (tertiary/aromatic N) is 15. The maximum absolute atomic E-state index is 12.3. The van der Waals surface area contributed by atoms with Gasteiger partial charge in [0.15, 0.2) is 101 Å². The summed E-state index contributed by atoms with van der Waals surface area (Å²) >= 11 is 15.6. The van der Waals surface area contributed by atoms with Gasteiger partial charge < -0.3 is 80.2 Å². The van der Waals surface area contributed by atoms with Crippen LogP contribution in [0.2, 0.25) is 0 Å². The summed E-state index contributed by atoms with van der Waals surface area (Å²) in [5.41, 5.74) is 27.6. The second kappa shape index (κ2) is 33.0. The largest absolute Gasteiger partial charge is 0.486 e. The van der Waals surface area contributed by atoms with Crippen LogP contribution in [0.5, 0.6) is 34.5 Å². The lowest BCUT2D eigenvalue weighted by molar-refractivity contribution is -0.134. The number of ether oxygens (including phenoxy) is 6. The molecule has 0 radical (unpaired) electrons. The van der Waals surface area contributed by atoms with Gasteiger partial charge in [-0.25, -0.2) is 49.8 Å². The molecule has 0 atom stereocenters. The minimum Gasteiger partial charge on any atom is -0.486 e. The van der Waals surface area contributed by atoms with Gasteiger partial charge in [-0.2, -0.15) is 0 Å². The number of hydrogen-bond acceptors (Lipinski definition) is 26. The molecule has 35 heteroatoms. The van der Waals surface area contributed by atoms with Crippen LogP contribution in [0.4, 0.5) is 17.5 Å². The van der Waals surface area contributed by atoms with Crippen molar-refractivity contribution in [3.8, 4) is 34.5 Å². The summed E-state index contributed by atoms with van der Waals surface area (Å²) in [6, 6.07) is 11.7. The Morgan fingerprint density at radius 3 is 1.20 bits per heavy atom. The van der Waals surface area contributed by atoms with Crippen LogP contribution < -0.4 is 56.7 Å². The molecular formula is C68H77Br3N20O9S3. The number of carbonyl (C=O) groups is 3. The van der Waals surface area contributed by atoms with Gasteiger partial charge in [0, 0.05) is 99.6 Å². The summed E-state index contributed by atoms with van der Waals surface area (Å²) in [6.45, 7) is 11.0. The van der Waals surface area contributed by atoms with Gasteiger partial charge in [0.05, 0.1) is 0 Å². The van der Waals surface area contributed by atoms with Crippen LogP contribution >= 0.6 is 83.1 Å². The maximum Gasteiger partial charge on any atom is 0.247 e. The van der Waals surface area contributed by atoms with E-state index in [4.69, 9.17) is 66.3 Å². The standard InChI is InChI=1S/C24H28BrN7O4S.C24H26BrN7O3S.C20H23BrN6O2S/c25-15-11-16-17(36-10-9-35-16)12-18(15)37-24-30-21-22(27)28-13-29-23(21)32(24)8-5-14-3-6-31(7-4-14)20(34)2-1-19(26)33;25-15-11-16-17(35-10-9-34-16)12-18(15)36-24-30-21-22(26)27-13-28-23(21)32(24)8-5-14-3-6-31(7-4-14)19-1-2-20(33)29-19;21-13-9-14-15(29-8-7-28-14)10-16(13)30-20-26-17-18(22)24-11-25-19(17)27(20)6-3-12-1-4-23-5-2-12/h11-14H,1-10H2,(H2,26,33)(H2,27,28,29);11-14H,1-10H2,(H2,26,27,28);9-12,23H,1-8H2,(H2,22,24,25). The Labute approximate surface area is 630 Å². The lowest BCUT2D eigenvalue weighted by Crippen LogP contribution is -2.39. The van der Waals surface area contributed by atoms with Crippen molar-refractivity contribution in [3.63, 3.8) is 0 Å². The Morgan fingerprint density at radius 2 is 0.845 bits per heavy atom. The van der Waals surface area contributed by atoms with Gasteiger partial charge in [-0.05, 0) is 173 Å². The van der Waals surface area contributed by atoms with Gasteiger partial charge in [-0.3, -0.25) is 14.4 Å². The smallest absolute Gasteiger partial charge is 0.247 e. The minimum atomic E-state index is -0.447. The summed E-state index contributed by atoms with van der Waals surface area (Å²) in [5, 5.41) is 5.86. The molecule has 7 aliphatic heterocycles. The quantitative estimate of drug-likeness (QED) is 0.0533. The van der Waals surface area contributed by atoms with Crippen molar-refractivity contribution in [3.05, 3.63) is 68.8 Å². The number of fused-ring (bicyclic) bond motifs is 6. The molecule has 0 saturated carbocycles. The average molecular weight is 1650 g/mol. The molecule has 3 amide bonds. The molecule has 9 N–H and O–H groups in total. The number of aliphatic imine (C=N–C) groups is 1. The molecule has 3 saturated heterocycles. The second-order valence-corrected chi connectivity index (χ2v) is 31.3. The molecule has 0 unspecified atom stereocenters. The number of benzene rings is 3. The molecular weight excluding hydrogens is 1580 g/mol. The number of halogens is 3. The van der Waals surface area contributed by atoms with Gasteiger partial charge in [-0.15, -0.1) is 0 Å². The number of likely N-dealkylation sites (tertiary alicyclic amines) is 2. The predicted octanol–water partition coefficient (Wildman–Crippen LogP) is 10.4. The number of carbonyl (C=O) groups excluding carboxylic acids is 3. The average Bonchev–Trinajstić information content (AvgIpc) is 1.67. The Morgan fingerprint density at radius 1 is 0.485 bits per heavy atom. The Kier molecular flexibility index (Phi) is 23.1. The first-order valence-electron chi connectivity index (χ1n) is 34.5. The third kappa shape index (κ3) is 17.1. The number of hydrogen-bond donors (Lipinski definition) is 5. The first-order valence-corrected chi connectivity index (χ1v) is 39.3.